The number of nitrogens with zero attached hydrogens (tertiary/aromatic N) is 2. The Labute approximate surface area is 105 Å². The van der Waals surface area contributed by atoms with Crippen LogP contribution in [0.5, 0.6) is 0 Å². The quantitative estimate of drug-likeness (QED) is 0.823. The fraction of sp³-hybridized carbons (Fsp3) is 0.643. The first-order valence-electron chi connectivity index (χ1n) is 6.60. The summed E-state index contributed by atoms with van der Waals surface area (Å²) in [5, 5.41) is 0. The minimum atomic E-state index is 0.745. The lowest BCUT2D eigenvalue weighted by molar-refractivity contribution is 0.484. The van der Waals surface area contributed by atoms with E-state index < -0.39 is 0 Å². The lowest BCUT2D eigenvalue weighted by Gasteiger charge is -2.26. The average molecular weight is 235 g/mol. The summed E-state index contributed by atoms with van der Waals surface area (Å²) in [5.74, 6) is 1.79. The van der Waals surface area contributed by atoms with E-state index in [1.165, 1.54) is 12.8 Å². The summed E-state index contributed by atoms with van der Waals surface area (Å²) in [5.41, 5.74) is 7.50. The van der Waals surface area contributed by atoms with Crippen molar-refractivity contribution in [2.45, 2.75) is 40.5 Å². The van der Waals surface area contributed by atoms with E-state index in [1.54, 1.807) is 0 Å². The largest absolute Gasteiger partial charge is 0.397 e. The van der Waals surface area contributed by atoms with Crippen LogP contribution in [0.2, 0.25) is 0 Å². The molecule has 2 N–H and O–H groups in total. The standard InChI is InChI=1S/C14H25N3/c1-5-12(6-2)10-17(7-3)14-9-8-13(15)11(4)16-14/h8-9,12H,5-7,10,15H2,1-4H3. The van der Waals surface area contributed by atoms with Gasteiger partial charge in [-0.2, -0.15) is 0 Å². The predicted octanol–water partition coefficient (Wildman–Crippen LogP) is 3.23. The summed E-state index contributed by atoms with van der Waals surface area (Å²) >= 11 is 0. The van der Waals surface area contributed by atoms with Crippen LogP contribution in [-0.2, 0) is 0 Å². The molecule has 0 amide bonds. The summed E-state index contributed by atoms with van der Waals surface area (Å²) in [6.07, 6.45) is 2.45. The molecule has 3 nitrogen and oxygen atoms in total. The molecule has 0 fully saturated rings. The highest BCUT2D eigenvalue weighted by molar-refractivity contribution is 5.50. The molecule has 1 heterocycles. The van der Waals surface area contributed by atoms with Gasteiger partial charge in [-0.3, -0.25) is 0 Å². The molecule has 0 spiro atoms. The topological polar surface area (TPSA) is 42.1 Å². The lowest BCUT2D eigenvalue weighted by atomic mass is 10.0. The van der Waals surface area contributed by atoms with Crippen molar-refractivity contribution in [3.05, 3.63) is 17.8 Å². The van der Waals surface area contributed by atoms with Crippen LogP contribution in [0.25, 0.3) is 0 Å². The fourth-order valence-corrected chi connectivity index (χ4v) is 1.98. The number of anilines is 2. The minimum absolute atomic E-state index is 0.745. The van der Waals surface area contributed by atoms with Gasteiger partial charge in [0.05, 0.1) is 11.4 Å². The van der Waals surface area contributed by atoms with Crippen LogP contribution in [0.1, 0.15) is 39.3 Å². The molecular formula is C14H25N3. The Hall–Kier alpha value is -1.25. The Kier molecular flexibility index (Phi) is 5.26. The minimum Gasteiger partial charge on any atom is -0.397 e. The number of hydrogen-bond acceptors (Lipinski definition) is 3. The van der Waals surface area contributed by atoms with Gasteiger partial charge < -0.3 is 10.6 Å². The summed E-state index contributed by atoms with van der Waals surface area (Å²) in [6.45, 7) is 10.7. The van der Waals surface area contributed by atoms with E-state index in [2.05, 4.69) is 30.7 Å². The van der Waals surface area contributed by atoms with Gasteiger partial charge in [0.15, 0.2) is 0 Å². The molecule has 0 aromatic carbocycles. The van der Waals surface area contributed by atoms with Gasteiger partial charge in [0.2, 0.25) is 0 Å². The Morgan fingerprint density at radius 1 is 1.24 bits per heavy atom. The van der Waals surface area contributed by atoms with Crippen molar-refractivity contribution in [3.8, 4) is 0 Å². The zero-order valence-electron chi connectivity index (χ0n) is 11.5. The van der Waals surface area contributed by atoms with E-state index >= 15 is 0 Å². The number of pyridine rings is 1. The maximum absolute atomic E-state index is 5.80. The van der Waals surface area contributed by atoms with Gasteiger partial charge in [-0.05, 0) is 31.9 Å². The van der Waals surface area contributed by atoms with Crippen LogP contribution in [0.4, 0.5) is 11.5 Å². The third-order valence-electron chi connectivity index (χ3n) is 3.45. The molecule has 0 bridgehead atoms. The molecule has 1 rings (SSSR count). The highest BCUT2D eigenvalue weighted by atomic mass is 15.2. The molecule has 0 saturated carbocycles. The summed E-state index contributed by atoms with van der Waals surface area (Å²) in [6, 6.07) is 3.97. The molecular weight excluding hydrogens is 210 g/mol. The molecule has 17 heavy (non-hydrogen) atoms. The van der Waals surface area contributed by atoms with E-state index in [4.69, 9.17) is 5.73 Å². The van der Waals surface area contributed by atoms with Gasteiger partial charge >= 0.3 is 0 Å². The van der Waals surface area contributed by atoms with E-state index in [9.17, 15) is 0 Å². The van der Waals surface area contributed by atoms with Crippen molar-refractivity contribution >= 4 is 11.5 Å². The molecule has 3 heteroatoms. The molecule has 0 aliphatic heterocycles. The maximum atomic E-state index is 5.80. The smallest absolute Gasteiger partial charge is 0.128 e. The SMILES string of the molecule is CCC(CC)CN(CC)c1ccc(N)c(C)n1. The van der Waals surface area contributed by atoms with Crippen molar-refractivity contribution in [2.24, 2.45) is 5.92 Å². The molecule has 0 unspecified atom stereocenters. The Bertz CT molecular complexity index is 345. The first-order valence-corrected chi connectivity index (χ1v) is 6.60. The van der Waals surface area contributed by atoms with Gasteiger partial charge in [-0.1, -0.05) is 26.7 Å². The first kappa shape index (κ1) is 13.8. The third kappa shape index (κ3) is 3.62. The van der Waals surface area contributed by atoms with Gasteiger partial charge in [-0.25, -0.2) is 4.98 Å². The highest BCUT2D eigenvalue weighted by Crippen LogP contribution is 2.19. The Morgan fingerprint density at radius 3 is 2.35 bits per heavy atom. The van der Waals surface area contributed by atoms with Crippen LogP contribution in [-0.4, -0.2) is 18.1 Å². The number of nitrogens with two attached hydrogens (primary N) is 1. The fourth-order valence-electron chi connectivity index (χ4n) is 1.98. The van der Waals surface area contributed by atoms with Crippen molar-refractivity contribution in [1.82, 2.24) is 4.98 Å². The number of aryl methyl sites for hydroxylation is 1. The van der Waals surface area contributed by atoms with E-state index in [1.807, 2.05) is 19.1 Å². The molecule has 0 atom stereocenters. The molecule has 1 aromatic rings. The summed E-state index contributed by atoms with van der Waals surface area (Å²) < 4.78 is 0. The van der Waals surface area contributed by atoms with Crippen LogP contribution >= 0.6 is 0 Å². The molecule has 0 saturated heterocycles. The third-order valence-corrected chi connectivity index (χ3v) is 3.45. The maximum Gasteiger partial charge on any atom is 0.128 e. The molecule has 1 aromatic heterocycles. The summed E-state index contributed by atoms with van der Waals surface area (Å²) in [4.78, 5) is 6.90. The number of aromatic nitrogens is 1. The lowest BCUT2D eigenvalue weighted by Crippen LogP contribution is -2.29. The number of rotatable bonds is 6. The Morgan fingerprint density at radius 2 is 1.88 bits per heavy atom. The van der Waals surface area contributed by atoms with E-state index in [0.717, 1.165) is 36.2 Å². The van der Waals surface area contributed by atoms with Crippen molar-refractivity contribution in [1.29, 1.82) is 0 Å². The van der Waals surface area contributed by atoms with Crippen LogP contribution in [0.3, 0.4) is 0 Å². The van der Waals surface area contributed by atoms with Crippen LogP contribution in [0.15, 0.2) is 12.1 Å². The molecule has 0 aliphatic carbocycles. The van der Waals surface area contributed by atoms with Crippen LogP contribution in [0, 0.1) is 12.8 Å². The monoisotopic (exact) mass is 235 g/mol. The Balaban J connectivity index is 2.82. The first-order chi connectivity index (χ1) is 8.12. The molecule has 0 aliphatic rings. The van der Waals surface area contributed by atoms with Crippen molar-refractivity contribution < 1.29 is 0 Å². The zero-order chi connectivity index (χ0) is 12.8. The highest BCUT2D eigenvalue weighted by Gasteiger charge is 2.12. The van der Waals surface area contributed by atoms with Crippen LogP contribution < -0.4 is 10.6 Å². The van der Waals surface area contributed by atoms with Gasteiger partial charge in [-0.15, -0.1) is 0 Å². The second-order valence-electron chi connectivity index (χ2n) is 4.57. The summed E-state index contributed by atoms with van der Waals surface area (Å²) in [7, 11) is 0. The van der Waals surface area contributed by atoms with Crippen molar-refractivity contribution in [3.63, 3.8) is 0 Å². The van der Waals surface area contributed by atoms with E-state index in [-0.39, 0.29) is 0 Å². The van der Waals surface area contributed by atoms with Gasteiger partial charge in [0.1, 0.15) is 5.82 Å². The second-order valence-corrected chi connectivity index (χ2v) is 4.57. The second kappa shape index (κ2) is 6.48. The van der Waals surface area contributed by atoms with Crippen molar-refractivity contribution in [2.75, 3.05) is 23.7 Å². The predicted molar refractivity (Wildman–Crippen MR) is 75.3 cm³/mol. The van der Waals surface area contributed by atoms with Gasteiger partial charge in [0, 0.05) is 13.1 Å². The zero-order valence-corrected chi connectivity index (χ0v) is 11.5. The molecule has 0 radical (unpaired) electrons. The van der Waals surface area contributed by atoms with Gasteiger partial charge in [0.25, 0.3) is 0 Å². The van der Waals surface area contributed by atoms with E-state index in [0.29, 0.717) is 0 Å². The average Bonchev–Trinajstić information content (AvgIpc) is 2.35. The molecule has 96 valence electrons. The number of nitrogen functional groups attached to an aromatic ring is 1. The normalized spacial score (nSPS) is 10.9. The number of hydrogen-bond donors (Lipinski definition) is 1.